The summed E-state index contributed by atoms with van der Waals surface area (Å²) in [6.07, 6.45) is 0. The summed E-state index contributed by atoms with van der Waals surface area (Å²) in [5.41, 5.74) is 9.11. The minimum Gasteiger partial charge on any atom is -0.348 e. The Labute approximate surface area is 219 Å². The van der Waals surface area contributed by atoms with Crippen molar-refractivity contribution in [3.63, 3.8) is 0 Å². The van der Waals surface area contributed by atoms with Crippen LogP contribution in [0.25, 0.3) is 43.6 Å². The Hall–Kier alpha value is -4.83. The van der Waals surface area contributed by atoms with Crippen LogP contribution in [0.1, 0.15) is 27.0 Å². The van der Waals surface area contributed by atoms with E-state index < -0.39 is 0 Å². The van der Waals surface area contributed by atoms with Crippen molar-refractivity contribution in [1.29, 1.82) is 0 Å². The highest BCUT2D eigenvalue weighted by molar-refractivity contribution is 6.30. The third kappa shape index (κ3) is 2.94. The minimum atomic E-state index is 0.0226. The largest absolute Gasteiger partial charge is 0.348 e. The number of carbonyl (C=O) groups excluding carboxylic acids is 1. The minimum absolute atomic E-state index is 0.0226. The molecule has 0 fully saturated rings. The highest BCUT2D eigenvalue weighted by Gasteiger charge is 2.32. The molecule has 0 bridgehead atoms. The van der Waals surface area contributed by atoms with Crippen molar-refractivity contribution in [1.82, 2.24) is 14.5 Å². The molecule has 0 radical (unpaired) electrons. The number of benzene rings is 5. The molecule has 5 aromatic carbocycles. The average molecular weight is 492 g/mol. The highest BCUT2D eigenvalue weighted by Crippen LogP contribution is 2.45. The van der Waals surface area contributed by atoms with Gasteiger partial charge in [0.15, 0.2) is 0 Å². The monoisotopic (exact) mass is 491 g/mol. The molecule has 8 rings (SSSR count). The van der Waals surface area contributed by atoms with Crippen molar-refractivity contribution in [3.8, 4) is 0 Å². The Morgan fingerprint density at radius 1 is 0.579 bits per heavy atom. The lowest BCUT2D eigenvalue weighted by molar-refractivity contribution is 0.0967. The number of hydrogen-bond acceptors (Lipinski definition) is 1. The van der Waals surface area contributed by atoms with E-state index in [1.54, 1.807) is 0 Å². The highest BCUT2D eigenvalue weighted by atomic mass is 16.1. The maximum atomic E-state index is 13.4. The fourth-order valence-electron chi connectivity index (χ4n) is 6.48. The molecule has 1 aliphatic rings. The Balaban J connectivity index is 1.61. The first-order chi connectivity index (χ1) is 18.8. The van der Waals surface area contributed by atoms with Crippen molar-refractivity contribution in [2.75, 3.05) is 0 Å². The smallest absolute Gasteiger partial charge is 0.252 e. The first-order valence-electron chi connectivity index (χ1n) is 13.1. The van der Waals surface area contributed by atoms with E-state index >= 15 is 0 Å². The zero-order valence-corrected chi connectivity index (χ0v) is 20.8. The summed E-state index contributed by atoms with van der Waals surface area (Å²) in [5, 5.41) is 7.74. The summed E-state index contributed by atoms with van der Waals surface area (Å²) in [4.78, 5) is 13.4. The Morgan fingerprint density at radius 3 is 1.63 bits per heavy atom. The molecule has 0 spiro atoms. The topological polar surface area (TPSA) is 39.0 Å². The molecule has 0 atom stereocenters. The van der Waals surface area contributed by atoms with Crippen LogP contribution in [0.2, 0.25) is 0 Å². The van der Waals surface area contributed by atoms with Crippen LogP contribution >= 0.6 is 0 Å². The lowest BCUT2D eigenvalue weighted by Gasteiger charge is -2.14. The zero-order valence-electron chi connectivity index (χ0n) is 20.8. The molecular weight excluding hydrogens is 466 g/mol. The van der Waals surface area contributed by atoms with Gasteiger partial charge < -0.3 is 14.5 Å². The van der Waals surface area contributed by atoms with Crippen LogP contribution in [0.15, 0.2) is 109 Å². The first-order valence-corrected chi connectivity index (χ1v) is 13.1. The van der Waals surface area contributed by atoms with E-state index in [1.165, 1.54) is 32.9 Å². The predicted octanol–water partition coefficient (Wildman–Crippen LogP) is 7.24. The van der Waals surface area contributed by atoms with Crippen LogP contribution in [0.3, 0.4) is 0 Å². The standard InChI is InChI=1S/C34H25N3O/c38-34-31-26(19-35-34)29-24-15-7-9-17-27(24)36(20-22-11-3-1-4-12-22)32(29)33-30(31)25-16-8-10-18-28(25)37(33)21-23-13-5-2-6-14-23/h1-18H,19-21H2,(H,35,38). The molecule has 38 heavy (non-hydrogen) atoms. The van der Waals surface area contributed by atoms with E-state index in [0.29, 0.717) is 6.54 Å². The van der Waals surface area contributed by atoms with Crippen LogP contribution in [0.5, 0.6) is 0 Å². The normalized spacial score (nSPS) is 13.1. The number of hydrogen-bond donors (Lipinski definition) is 1. The number of fused-ring (bicyclic) bond motifs is 10. The third-order valence-electron chi connectivity index (χ3n) is 8.04. The molecule has 0 unspecified atom stereocenters. The third-order valence-corrected chi connectivity index (χ3v) is 8.04. The molecule has 4 heteroatoms. The molecular formula is C34H25N3O. The van der Waals surface area contributed by atoms with Gasteiger partial charge in [0.25, 0.3) is 5.91 Å². The van der Waals surface area contributed by atoms with Crippen LogP contribution < -0.4 is 5.32 Å². The molecule has 1 aliphatic heterocycles. The molecule has 182 valence electrons. The number of nitrogens with zero attached hydrogens (tertiary/aromatic N) is 2. The molecule has 2 aromatic heterocycles. The second kappa shape index (κ2) is 8.09. The predicted molar refractivity (Wildman–Crippen MR) is 155 cm³/mol. The van der Waals surface area contributed by atoms with E-state index in [0.717, 1.165) is 46.0 Å². The molecule has 1 amide bonds. The first kappa shape index (κ1) is 21.3. The van der Waals surface area contributed by atoms with Gasteiger partial charge in [-0.25, -0.2) is 0 Å². The fraction of sp³-hybridized carbons (Fsp3) is 0.0882. The van der Waals surface area contributed by atoms with Gasteiger partial charge in [-0.1, -0.05) is 97.1 Å². The van der Waals surface area contributed by atoms with Gasteiger partial charge in [-0.15, -0.1) is 0 Å². The molecule has 4 nitrogen and oxygen atoms in total. The number of amides is 1. The number of rotatable bonds is 4. The molecule has 0 aliphatic carbocycles. The van der Waals surface area contributed by atoms with Gasteiger partial charge in [0, 0.05) is 52.2 Å². The molecule has 3 heterocycles. The van der Waals surface area contributed by atoms with E-state index in [9.17, 15) is 4.79 Å². The van der Waals surface area contributed by atoms with E-state index in [4.69, 9.17) is 0 Å². The molecule has 0 saturated carbocycles. The van der Waals surface area contributed by atoms with E-state index in [2.05, 4.69) is 124 Å². The maximum Gasteiger partial charge on any atom is 0.252 e. The van der Waals surface area contributed by atoms with Crippen molar-refractivity contribution >= 4 is 49.5 Å². The Kier molecular flexibility index (Phi) is 4.53. The van der Waals surface area contributed by atoms with Gasteiger partial charge in [0.1, 0.15) is 0 Å². The summed E-state index contributed by atoms with van der Waals surface area (Å²) < 4.78 is 4.89. The number of carbonyl (C=O) groups is 1. The van der Waals surface area contributed by atoms with Gasteiger partial charge in [-0.2, -0.15) is 0 Å². The van der Waals surface area contributed by atoms with Crippen molar-refractivity contribution < 1.29 is 4.79 Å². The quantitative estimate of drug-likeness (QED) is 0.277. The van der Waals surface area contributed by atoms with Gasteiger partial charge >= 0.3 is 0 Å². The second-order valence-corrected chi connectivity index (χ2v) is 10.2. The lowest BCUT2D eigenvalue weighted by Crippen LogP contribution is -2.12. The average Bonchev–Trinajstić information content (AvgIpc) is 3.60. The van der Waals surface area contributed by atoms with Gasteiger partial charge in [-0.3, -0.25) is 4.79 Å². The second-order valence-electron chi connectivity index (χ2n) is 10.2. The molecule has 1 N–H and O–H groups in total. The maximum absolute atomic E-state index is 13.4. The summed E-state index contributed by atoms with van der Waals surface area (Å²) in [6, 6.07) is 38.4. The van der Waals surface area contributed by atoms with Crippen LogP contribution in [0, 0.1) is 0 Å². The summed E-state index contributed by atoms with van der Waals surface area (Å²) >= 11 is 0. The summed E-state index contributed by atoms with van der Waals surface area (Å²) in [6.45, 7) is 2.04. The van der Waals surface area contributed by atoms with Crippen molar-refractivity contribution in [2.24, 2.45) is 0 Å². The van der Waals surface area contributed by atoms with E-state index in [1.807, 2.05) is 0 Å². The van der Waals surface area contributed by atoms with Crippen molar-refractivity contribution in [3.05, 3.63) is 131 Å². The number of aromatic nitrogens is 2. The number of para-hydroxylation sites is 2. The SMILES string of the molecule is O=C1NCc2c1c1c3ccccc3n(Cc3ccccc3)c1c1c2c2ccccc2n1Cc1ccccc1. The zero-order chi connectivity index (χ0) is 25.2. The number of nitrogens with one attached hydrogen (secondary N) is 1. The summed E-state index contributed by atoms with van der Waals surface area (Å²) in [7, 11) is 0. The fourth-order valence-corrected chi connectivity index (χ4v) is 6.48. The van der Waals surface area contributed by atoms with Crippen molar-refractivity contribution in [2.45, 2.75) is 19.6 Å². The Morgan fingerprint density at radius 2 is 1.05 bits per heavy atom. The van der Waals surface area contributed by atoms with Gasteiger partial charge in [-0.05, 0) is 28.8 Å². The lowest BCUT2D eigenvalue weighted by atomic mass is 9.97. The Bertz CT molecular complexity index is 2030. The molecule has 0 saturated heterocycles. The van der Waals surface area contributed by atoms with Crippen LogP contribution in [-0.4, -0.2) is 15.0 Å². The molecule has 7 aromatic rings. The van der Waals surface area contributed by atoms with Gasteiger partial charge in [0.05, 0.1) is 16.6 Å². The van der Waals surface area contributed by atoms with E-state index in [-0.39, 0.29) is 5.91 Å². The van der Waals surface area contributed by atoms with Gasteiger partial charge in [0.2, 0.25) is 0 Å². The van der Waals surface area contributed by atoms with Crippen LogP contribution in [-0.2, 0) is 19.6 Å². The summed E-state index contributed by atoms with van der Waals surface area (Å²) in [5.74, 6) is 0.0226. The van der Waals surface area contributed by atoms with Crippen LogP contribution in [0.4, 0.5) is 0 Å².